The van der Waals surface area contributed by atoms with Crippen LogP contribution in [0.1, 0.15) is 49.3 Å². The van der Waals surface area contributed by atoms with Crippen molar-refractivity contribution in [1.82, 2.24) is 4.90 Å². The third-order valence-electron chi connectivity index (χ3n) is 6.55. The zero-order chi connectivity index (χ0) is 20.2. The Kier molecular flexibility index (Phi) is 5.98. The number of benzene rings is 2. The average Bonchev–Trinajstić information content (AvgIpc) is 2.78. The van der Waals surface area contributed by atoms with Gasteiger partial charge >= 0.3 is 0 Å². The van der Waals surface area contributed by atoms with Gasteiger partial charge in [-0.1, -0.05) is 49.4 Å². The monoisotopic (exact) mass is 390 g/mol. The van der Waals surface area contributed by atoms with E-state index >= 15 is 0 Å². The SMILES string of the molecule is CCc1ccccc1NC(=O)C1CCC(C(=O)N2CCc3ccccc3C2)CC1. The fourth-order valence-corrected chi connectivity index (χ4v) is 4.73. The second-order valence-electron chi connectivity index (χ2n) is 8.33. The maximum absolute atomic E-state index is 13.0. The van der Waals surface area contributed by atoms with E-state index in [4.69, 9.17) is 0 Å². The molecule has 0 aromatic heterocycles. The first-order valence-electron chi connectivity index (χ1n) is 10.9. The molecule has 2 aromatic rings. The summed E-state index contributed by atoms with van der Waals surface area (Å²) in [5.74, 6) is 0.441. The third kappa shape index (κ3) is 4.36. The number of fused-ring (bicyclic) bond motifs is 1. The molecule has 4 heteroatoms. The van der Waals surface area contributed by atoms with Gasteiger partial charge in [0.05, 0.1) is 0 Å². The molecule has 1 N–H and O–H groups in total. The van der Waals surface area contributed by atoms with E-state index in [-0.39, 0.29) is 23.7 Å². The van der Waals surface area contributed by atoms with Gasteiger partial charge in [-0.3, -0.25) is 9.59 Å². The van der Waals surface area contributed by atoms with Crippen LogP contribution in [0.4, 0.5) is 5.69 Å². The number of nitrogens with zero attached hydrogens (tertiary/aromatic N) is 1. The summed E-state index contributed by atoms with van der Waals surface area (Å²) in [6, 6.07) is 16.4. The number of aryl methyl sites for hydroxylation is 1. The van der Waals surface area contributed by atoms with Crippen LogP contribution >= 0.6 is 0 Å². The highest BCUT2D eigenvalue weighted by atomic mass is 16.2. The number of carbonyl (C=O) groups excluding carboxylic acids is 2. The van der Waals surface area contributed by atoms with E-state index in [1.807, 2.05) is 29.2 Å². The lowest BCUT2D eigenvalue weighted by Gasteiger charge is -2.34. The lowest BCUT2D eigenvalue weighted by Crippen LogP contribution is -2.41. The van der Waals surface area contributed by atoms with Crippen molar-refractivity contribution in [2.75, 3.05) is 11.9 Å². The van der Waals surface area contributed by atoms with E-state index in [9.17, 15) is 9.59 Å². The van der Waals surface area contributed by atoms with Gasteiger partial charge in [0, 0.05) is 30.6 Å². The van der Waals surface area contributed by atoms with Gasteiger partial charge in [0.15, 0.2) is 0 Å². The molecule has 152 valence electrons. The molecule has 2 amide bonds. The van der Waals surface area contributed by atoms with Gasteiger partial charge in [0.1, 0.15) is 0 Å². The summed E-state index contributed by atoms with van der Waals surface area (Å²) in [4.78, 5) is 27.8. The number of para-hydroxylation sites is 1. The summed E-state index contributed by atoms with van der Waals surface area (Å²) in [6.45, 7) is 3.63. The molecule has 1 heterocycles. The Morgan fingerprint density at radius 2 is 1.59 bits per heavy atom. The summed E-state index contributed by atoms with van der Waals surface area (Å²) in [5, 5.41) is 3.12. The van der Waals surface area contributed by atoms with Crippen LogP contribution in [0.25, 0.3) is 0 Å². The number of hydrogen-bond donors (Lipinski definition) is 1. The molecule has 1 fully saturated rings. The summed E-state index contributed by atoms with van der Waals surface area (Å²) in [7, 11) is 0. The number of carbonyl (C=O) groups is 2. The first-order valence-corrected chi connectivity index (χ1v) is 10.9. The van der Waals surface area contributed by atoms with Crippen LogP contribution in [0.3, 0.4) is 0 Å². The Morgan fingerprint density at radius 1 is 0.931 bits per heavy atom. The summed E-state index contributed by atoms with van der Waals surface area (Å²) >= 11 is 0. The van der Waals surface area contributed by atoms with Crippen molar-refractivity contribution in [3.05, 3.63) is 65.2 Å². The van der Waals surface area contributed by atoms with E-state index in [2.05, 4.69) is 36.5 Å². The van der Waals surface area contributed by atoms with Crippen molar-refractivity contribution in [1.29, 1.82) is 0 Å². The minimum atomic E-state index is 0.00560. The van der Waals surface area contributed by atoms with Crippen LogP contribution in [0.15, 0.2) is 48.5 Å². The number of hydrogen-bond acceptors (Lipinski definition) is 2. The smallest absolute Gasteiger partial charge is 0.227 e. The topological polar surface area (TPSA) is 49.4 Å². The Labute approximate surface area is 173 Å². The van der Waals surface area contributed by atoms with E-state index in [1.165, 1.54) is 11.1 Å². The molecule has 1 aliphatic heterocycles. The van der Waals surface area contributed by atoms with Crippen molar-refractivity contribution in [2.24, 2.45) is 11.8 Å². The van der Waals surface area contributed by atoms with Gasteiger partial charge in [-0.2, -0.15) is 0 Å². The van der Waals surface area contributed by atoms with Crippen LogP contribution < -0.4 is 5.32 Å². The number of anilines is 1. The van der Waals surface area contributed by atoms with Crippen LogP contribution in [0, 0.1) is 11.8 Å². The van der Waals surface area contributed by atoms with Gasteiger partial charge in [0.25, 0.3) is 0 Å². The molecule has 1 saturated carbocycles. The summed E-state index contributed by atoms with van der Waals surface area (Å²) in [6.07, 6.45) is 5.05. The van der Waals surface area contributed by atoms with E-state index in [1.54, 1.807) is 0 Å². The lowest BCUT2D eigenvalue weighted by atomic mass is 9.80. The van der Waals surface area contributed by atoms with Crippen molar-refractivity contribution < 1.29 is 9.59 Å². The highest BCUT2D eigenvalue weighted by Gasteiger charge is 2.33. The van der Waals surface area contributed by atoms with E-state index < -0.39 is 0 Å². The Bertz CT molecular complexity index is 884. The van der Waals surface area contributed by atoms with Gasteiger partial charge in [-0.05, 0) is 61.3 Å². The molecular formula is C25H30N2O2. The normalized spacial score (nSPS) is 21.3. The van der Waals surface area contributed by atoms with Crippen LogP contribution in [-0.4, -0.2) is 23.3 Å². The number of rotatable bonds is 4. The molecule has 0 spiro atoms. The first kappa shape index (κ1) is 19.7. The molecule has 4 nitrogen and oxygen atoms in total. The highest BCUT2D eigenvalue weighted by molar-refractivity contribution is 5.93. The molecular weight excluding hydrogens is 360 g/mol. The zero-order valence-corrected chi connectivity index (χ0v) is 17.2. The van der Waals surface area contributed by atoms with Crippen molar-refractivity contribution in [3.8, 4) is 0 Å². The summed E-state index contributed by atoms with van der Waals surface area (Å²) < 4.78 is 0. The van der Waals surface area contributed by atoms with Gasteiger partial charge in [-0.25, -0.2) is 0 Å². The Balaban J connectivity index is 1.31. The lowest BCUT2D eigenvalue weighted by molar-refractivity contribution is -0.138. The third-order valence-corrected chi connectivity index (χ3v) is 6.55. The van der Waals surface area contributed by atoms with E-state index in [0.29, 0.717) is 0 Å². The second-order valence-corrected chi connectivity index (χ2v) is 8.33. The summed E-state index contributed by atoms with van der Waals surface area (Å²) in [5.41, 5.74) is 4.72. The molecule has 0 bridgehead atoms. The van der Waals surface area contributed by atoms with Crippen molar-refractivity contribution in [3.63, 3.8) is 0 Å². The van der Waals surface area contributed by atoms with Crippen LogP contribution in [0.5, 0.6) is 0 Å². The van der Waals surface area contributed by atoms with Crippen LogP contribution in [0.2, 0.25) is 0 Å². The maximum Gasteiger partial charge on any atom is 0.227 e. The predicted molar refractivity (Wildman–Crippen MR) is 115 cm³/mol. The Hall–Kier alpha value is -2.62. The molecule has 2 aromatic carbocycles. The zero-order valence-electron chi connectivity index (χ0n) is 17.2. The molecule has 2 aliphatic rings. The van der Waals surface area contributed by atoms with Crippen LogP contribution in [-0.2, 0) is 29.0 Å². The maximum atomic E-state index is 13.0. The number of amides is 2. The molecule has 0 radical (unpaired) electrons. The van der Waals surface area contributed by atoms with Gasteiger partial charge < -0.3 is 10.2 Å². The molecule has 1 aliphatic carbocycles. The fraction of sp³-hybridized carbons (Fsp3) is 0.440. The predicted octanol–water partition coefficient (Wildman–Crippen LogP) is 4.58. The van der Waals surface area contributed by atoms with Crippen molar-refractivity contribution >= 4 is 17.5 Å². The molecule has 4 rings (SSSR count). The minimum absolute atomic E-state index is 0.00560. The second kappa shape index (κ2) is 8.81. The van der Waals surface area contributed by atoms with Gasteiger partial charge in [-0.15, -0.1) is 0 Å². The highest BCUT2D eigenvalue weighted by Crippen LogP contribution is 2.32. The largest absolute Gasteiger partial charge is 0.338 e. The standard InChI is InChI=1S/C25H30N2O2/c1-2-18-7-5-6-10-23(18)26-24(28)20-11-13-21(14-12-20)25(29)27-16-15-19-8-3-4-9-22(19)17-27/h3-10,20-21H,2,11-17H2,1H3,(H,26,28). The molecule has 0 unspecified atom stereocenters. The Morgan fingerprint density at radius 3 is 2.34 bits per heavy atom. The van der Waals surface area contributed by atoms with Crippen molar-refractivity contribution in [2.45, 2.75) is 52.0 Å². The minimum Gasteiger partial charge on any atom is -0.338 e. The fourth-order valence-electron chi connectivity index (χ4n) is 4.73. The molecule has 0 atom stereocenters. The first-order chi connectivity index (χ1) is 14.2. The average molecular weight is 391 g/mol. The molecule has 0 saturated heterocycles. The van der Waals surface area contributed by atoms with Gasteiger partial charge in [0.2, 0.25) is 11.8 Å². The molecule has 29 heavy (non-hydrogen) atoms. The van der Waals surface area contributed by atoms with E-state index in [0.717, 1.165) is 62.9 Å². The number of nitrogens with one attached hydrogen (secondary N) is 1. The quantitative estimate of drug-likeness (QED) is 0.831.